The number of halogens is 2. The van der Waals surface area contributed by atoms with Gasteiger partial charge in [0.15, 0.2) is 0 Å². The molecule has 0 saturated heterocycles. The van der Waals surface area contributed by atoms with Gasteiger partial charge in [0, 0.05) is 0 Å². The minimum Gasteiger partial charge on any atom is -0.387 e. The molecule has 1 atom stereocenters. The maximum absolute atomic E-state index is 10.7. The minimum atomic E-state index is -0.814. The van der Waals surface area contributed by atoms with Crippen LogP contribution in [0, 0.1) is 28.6 Å². The van der Waals surface area contributed by atoms with Crippen molar-refractivity contribution in [3.63, 3.8) is 0 Å². The highest BCUT2D eigenvalue weighted by Crippen LogP contribution is 2.48. The van der Waals surface area contributed by atoms with Crippen LogP contribution in [-0.4, -0.2) is 5.11 Å². The Balaban J connectivity index is 2.21. The Bertz CT molecular complexity index is 542. The summed E-state index contributed by atoms with van der Waals surface area (Å²) < 4.78 is 0. The zero-order valence-electron chi connectivity index (χ0n) is 12.4. The Hall–Kier alpha value is -0.750. The van der Waals surface area contributed by atoms with Gasteiger partial charge in [0.2, 0.25) is 0 Å². The smallest absolute Gasteiger partial charge is 0.0976 e. The number of rotatable bonds is 3. The summed E-state index contributed by atoms with van der Waals surface area (Å²) in [5.74, 6) is 1.27. The molecule has 0 spiro atoms. The van der Waals surface area contributed by atoms with Crippen molar-refractivity contribution in [2.75, 3.05) is 0 Å². The van der Waals surface area contributed by atoms with Crippen LogP contribution >= 0.6 is 23.2 Å². The van der Waals surface area contributed by atoms with Crippen molar-refractivity contribution in [1.82, 2.24) is 0 Å². The second kappa shape index (κ2) is 6.57. The lowest BCUT2D eigenvalue weighted by atomic mass is 9.65. The molecule has 1 N–H and O–H groups in total. The van der Waals surface area contributed by atoms with E-state index < -0.39 is 11.5 Å². The molecule has 0 aliphatic heterocycles. The highest BCUT2D eigenvalue weighted by Gasteiger charge is 2.42. The lowest BCUT2D eigenvalue weighted by Crippen LogP contribution is -2.33. The normalized spacial score (nSPS) is 27.4. The van der Waals surface area contributed by atoms with Gasteiger partial charge in [0.1, 0.15) is 0 Å². The van der Waals surface area contributed by atoms with E-state index in [2.05, 4.69) is 19.9 Å². The van der Waals surface area contributed by atoms with E-state index in [4.69, 9.17) is 23.2 Å². The van der Waals surface area contributed by atoms with E-state index in [0.717, 1.165) is 25.7 Å². The number of nitrogens with zero attached hydrogens (tertiary/aromatic N) is 1. The molecule has 2 rings (SSSR count). The first-order chi connectivity index (χ1) is 9.89. The maximum Gasteiger partial charge on any atom is 0.0976 e. The average molecular weight is 326 g/mol. The van der Waals surface area contributed by atoms with Gasteiger partial charge in [-0.2, -0.15) is 5.26 Å². The maximum atomic E-state index is 10.7. The Kier molecular flexibility index (Phi) is 5.20. The Labute approximate surface area is 136 Å². The lowest BCUT2D eigenvalue weighted by Gasteiger charge is -2.39. The minimum absolute atomic E-state index is 0.414. The molecule has 1 saturated carbocycles. The van der Waals surface area contributed by atoms with Crippen LogP contribution in [0.1, 0.15) is 51.2 Å². The van der Waals surface area contributed by atoms with Gasteiger partial charge < -0.3 is 5.11 Å². The molecule has 0 radical (unpaired) electrons. The number of aliphatic hydroxyl groups excluding tert-OH is 1. The Morgan fingerprint density at radius 2 is 1.86 bits per heavy atom. The van der Waals surface area contributed by atoms with Crippen LogP contribution in [-0.2, 0) is 0 Å². The molecule has 1 aromatic carbocycles. The topological polar surface area (TPSA) is 44.0 Å². The van der Waals surface area contributed by atoms with E-state index in [1.165, 1.54) is 0 Å². The third-order valence-corrected chi connectivity index (χ3v) is 5.61. The van der Waals surface area contributed by atoms with Crippen molar-refractivity contribution >= 4 is 23.2 Å². The summed E-state index contributed by atoms with van der Waals surface area (Å²) in [5.41, 5.74) is -0.0309. The predicted molar refractivity (Wildman–Crippen MR) is 86.3 cm³/mol. The molecule has 1 fully saturated rings. The summed E-state index contributed by atoms with van der Waals surface area (Å²) in [5, 5.41) is 21.2. The van der Waals surface area contributed by atoms with Gasteiger partial charge >= 0.3 is 0 Å². The van der Waals surface area contributed by atoms with E-state index in [-0.39, 0.29) is 0 Å². The molecular weight excluding hydrogens is 305 g/mol. The van der Waals surface area contributed by atoms with Gasteiger partial charge in [-0.3, -0.25) is 0 Å². The number of nitriles is 1. The summed E-state index contributed by atoms with van der Waals surface area (Å²) in [6, 6.07) is 7.48. The molecular formula is C17H21Cl2NO. The quantitative estimate of drug-likeness (QED) is 0.810. The van der Waals surface area contributed by atoms with Crippen molar-refractivity contribution in [2.45, 2.75) is 45.6 Å². The Morgan fingerprint density at radius 1 is 1.24 bits per heavy atom. The van der Waals surface area contributed by atoms with E-state index in [0.29, 0.717) is 27.4 Å². The highest BCUT2D eigenvalue weighted by molar-refractivity contribution is 6.42. The first-order valence-corrected chi connectivity index (χ1v) is 8.19. The van der Waals surface area contributed by atoms with Gasteiger partial charge in [-0.05, 0) is 55.2 Å². The monoisotopic (exact) mass is 325 g/mol. The molecule has 1 aliphatic carbocycles. The molecule has 0 aromatic heterocycles. The second-order valence-corrected chi connectivity index (χ2v) is 7.24. The first-order valence-electron chi connectivity index (χ1n) is 7.44. The van der Waals surface area contributed by atoms with Crippen LogP contribution in [0.25, 0.3) is 0 Å². The van der Waals surface area contributed by atoms with Crippen LogP contribution in [0.3, 0.4) is 0 Å². The van der Waals surface area contributed by atoms with Gasteiger partial charge in [-0.15, -0.1) is 0 Å². The van der Waals surface area contributed by atoms with Gasteiger partial charge in [-0.25, -0.2) is 0 Å². The van der Waals surface area contributed by atoms with Crippen LogP contribution in [0.15, 0.2) is 18.2 Å². The van der Waals surface area contributed by atoms with E-state index >= 15 is 0 Å². The van der Waals surface area contributed by atoms with Crippen molar-refractivity contribution in [1.29, 1.82) is 5.26 Å². The average Bonchev–Trinajstić information content (AvgIpc) is 2.49. The number of hydrogen-bond donors (Lipinski definition) is 1. The molecule has 0 bridgehead atoms. The summed E-state index contributed by atoms with van der Waals surface area (Å²) in [4.78, 5) is 0. The lowest BCUT2D eigenvalue weighted by molar-refractivity contribution is 0.0190. The molecule has 1 aliphatic rings. The van der Waals surface area contributed by atoms with Crippen molar-refractivity contribution < 1.29 is 5.11 Å². The third kappa shape index (κ3) is 3.37. The molecule has 0 amide bonds. The van der Waals surface area contributed by atoms with Crippen molar-refractivity contribution in [3.05, 3.63) is 33.8 Å². The fourth-order valence-electron chi connectivity index (χ4n) is 3.27. The molecule has 114 valence electrons. The summed E-state index contributed by atoms with van der Waals surface area (Å²) >= 11 is 11.9. The Morgan fingerprint density at radius 3 is 2.33 bits per heavy atom. The van der Waals surface area contributed by atoms with E-state index in [9.17, 15) is 10.4 Å². The van der Waals surface area contributed by atoms with E-state index in [1.54, 1.807) is 18.2 Å². The predicted octanol–water partition coefficient (Wildman–Crippen LogP) is 5.38. The summed E-state index contributed by atoms with van der Waals surface area (Å²) in [6.07, 6.45) is 2.62. The molecule has 2 nitrogen and oxygen atoms in total. The molecule has 1 aromatic rings. The fourth-order valence-corrected chi connectivity index (χ4v) is 3.58. The highest BCUT2D eigenvalue weighted by atomic mass is 35.5. The SMILES string of the molecule is CC(C)C1CCC(C#N)(C(O)c2ccc(Cl)c(Cl)c2)CC1. The third-order valence-electron chi connectivity index (χ3n) is 4.87. The molecule has 4 heteroatoms. The fraction of sp³-hybridized carbons (Fsp3) is 0.588. The van der Waals surface area contributed by atoms with Crippen LogP contribution in [0.5, 0.6) is 0 Å². The standard InChI is InChI=1S/C17H21Cl2NO/c1-11(2)12-5-7-17(10-20,8-6-12)16(21)13-3-4-14(18)15(19)9-13/h3-4,9,11-12,16,21H,5-8H2,1-2H3. The van der Waals surface area contributed by atoms with Gasteiger partial charge in [-0.1, -0.05) is 43.1 Å². The van der Waals surface area contributed by atoms with Gasteiger partial charge in [0.05, 0.1) is 27.6 Å². The van der Waals surface area contributed by atoms with Crippen LogP contribution in [0.2, 0.25) is 10.0 Å². The first kappa shape index (κ1) is 16.6. The van der Waals surface area contributed by atoms with Gasteiger partial charge in [0.25, 0.3) is 0 Å². The number of hydrogen-bond acceptors (Lipinski definition) is 2. The molecule has 0 heterocycles. The number of aliphatic hydroxyl groups is 1. The molecule has 1 unspecified atom stereocenters. The zero-order chi connectivity index (χ0) is 15.6. The van der Waals surface area contributed by atoms with Crippen molar-refractivity contribution in [3.8, 4) is 6.07 Å². The van der Waals surface area contributed by atoms with Crippen molar-refractivity contribution in [2.24, 2.45) is 17.3 Å². The van der Waals surface area contributed by atoms with Crippen LogP contribution < -0.4 is 0 Å². The summed E-state index contributed by atoms with van der Waals surface area (Å²) in [6.45, 7) is 4.44. The second-order valence-electron chi connectivity index (χ2n) is 6.43. The van der Waals surface area contributed by atoms with E-state index in [1.807, 2.05) is 0 Å². The summed E-state index contributed by atoms with van der Waals surface area (Å²) in [7, 11) is 0. The largest absolute Gasteiger partial charge is 0.387 e. The number of benzene rings is 1. The van der Waals surface area contributed by atoms with Crippen LogP contribution in [0.4, 0.5) is 0 Å². The zero-order valence-corrected chi connectivity index (χ0v) is 14.0. The molecule has 21 heavy (non-hydrogen) atoms.